The van der Waals surface area contributed by atoms with E-state index in [0.717, 1.165) is 31.5 Å². The standard InChI is InChI=1S/C76H82BrN3O18Si/c1-49(81)36-41-62(83)95-71-68(88-43-52-26-14-7-15-27-52)64(86-42-51-24-12-6-13-25-51)59(46-85-50(2)82)94-75(71)98-65-61(48-91-99(76(3,4)5,57-32-20-10-21-33-57)58-34-22-11-23-35-58)92-73(63(79-80-78)67(65)87-45-54-37-39-56(77)40-38-54)97-66-60-47-90-74(93-60)70(96-72(84)55-30-18-9-19-31-55)69(66)89-44-53-28-16-8-17-29-53/h6-35,37-40,59-61,63-71,73-75H,36,41-48H2,1-5H3/t59-,60+,61-,63-,64-,65-,66-,67-,68+,69+,70-,71-,73-,74+,75+/m1/s1. The summed E-state index contributed by atoms with van der Waals surface area (Å²) in [5.74, 6) is -2.34. The molecule has 11 rings (SSSR count). The molecule has 0 aliphatic carbocycles. The van der Waals surface area contributed by atoms with Crippen molar-refractivity contribution < 1.29 is 85.2 Å². The first-order valence-corrected chi connectivity index (χ1v) is 35.8. The predicted octanol–water partition coefficient (Wildman–Crippen LogP) is 11.4. The molecule has 4 aliphatic rings. The van der Waals surface area contributed by atoms with Crippen LogP contribution in [0, 0.1) is 0 Å². The summed E-state index contributed by atoms with van der Waals surface area (Å²) >= 11 is 3.57. The number of nitrogens with zero attached hydrogens (tertiary/aromatic N) is 3. The van der Waals surface area contributed by atoms with Gasteiger partial charge in [0, 0.05) is 22.7 Å². The molecule has 0 N–H and O–H groups in total. The van der Waals surface area contributed by atoms with Gasteiger partial charge in [-0.3, -0.25) is 9.59 Å². The molecule has 4 fully saturated rings. The summed E-state index contributed by atoms with van der Waals surface area (Å²) in [6.45, 7) is 8.25. The SMILES string of the molecule is CC(=O)CCC(=O)O[C@H]1[C@H](O[C@H]2[C@H](OCc3ccc(Br)cc3)[C@@H](N=[N+]=[N-])[C@@H](O[C@H]3[C@H](OCc4ccccc4)[C@@H](OC(=O)c4ccccc4)[C@H]4OC[C@@H]3O4)O[C@@H]2CO[Si](c2ccccc2)(c2ccccc2)C(C)(C)C)O[C@H](COC(C)=O)[C@@H](OCc2ccccc2)[C@@H]1OCc1ccccc1. The lowest BCUT2D eigenvalue weighted by Gasteiger charge is -2.51. The summed E-state index contributed by atoms with van der Waals surface area (Å²) in [7, 11) is -3.54. The van der Waals surface area contributed by atoms with Crippen molar-refractivity contribution in [3.05, 3.63) is 249 Å². The van der Waals surface area contributed by atoms with Crippen molar-refractivity contribution in [2.75, 3.05) is 19.8 Å². The first-order valence-electron chi connectivity index (χ1n) is 33.1. The molecular weight excluding hydrogens is 1350 g/mol. The first kappa shape index (κ1) is 72.4. The van der Waals surface area contributed by atoms with Crippen molar-refractivity contribution >= 4 is 58.3 Å². The molecule has 0 aromatic heterocycles. The number of halogens is 1. The van der Waals surface area contributed by atoms with Crippen LogP contribution in [0.2, 0.25) is 5.04 Å². The third kappa shape index (κ3) is 18.4. The third-order valence-corrected chi connectivity index (χ3v) is 23.3. The number of ether oxygens (including phenoxy) is 13. The third-order valence-electron chi connectivity index (χ3n) is 17.7. The summed E-state index contributed by atoms with van der Waals surface area (Å²) in [4.78, 5) is 57.7. The van der Waals surface area contributed by atoms with E-state index in [4.69, 9.17) is 66.0 Å². The van der Waals surface area contributed by atoms with Crippen molar-refractivity contribution in [1.82, 2.24) is 0 Å². The van der Waals surface area contributed by atoms with Crippen LogP contribution >= 0.6 is 15.9 Å². The van der Waals surface area contributed by atoms with E-state index in [1.54, 1.807) is 30.3 Å². The molecule has 7 aromatic rings. The summed E-state index contributed by atoms with van der Waals surface area (Å²) in [6, 6.07) is 62.7. The zero-order chi connectivity index (χ0) is 69.3. The number of azide groups is 1. The lowest BCUT2D eigenvalue weighted by atomic mass is 9.94. The van der Waals surface area contributed by atoms with Gasteiger partial charge in [-0.25, -0.2) is 4.79 Å². The van der Waals surface area contributed by atoms with Crippen LogP contribution in [0.1, 0.15) is 80.1 Å². The molecule has 0 saturated carbocycles. The number of hydrogen-bond acceptors (Lipinski definition) is 19. The number of carbonyl (C=O) groups is 4. The normalized spacial score (nSPS) is 25.9. The zero-order valence-corrected chi connectivity index (χ0v) is 58.3. The van der Waals surface area contributed by atoms with Crippen LogP contribution in [0.25, 0.3) is 10.4 Å². The van der Waals surface area contributed by atoms with Crippen LogP contribution in [-0.2, 0) is 107 Å². The van der Waals surface area contributed by atoms with E-state index in [2.05, 4.69) is 71.0 Å². The molecule has 4 aliphatic heterocycles. The van der Waals surface area contributed by atoms with E-state index in [-0.39, 0.29) is 63.8 Å². The predicted molar refractivity (Wildman–Crippen MR) is 368 cm³/mol. The second kappa shape index (κ2) is 34.5. The Balaban J connectivity index is 1.07. The fourth-order valence-electron chi connectivity index (χ4n) is 12.9. The molecule has 4 saturated heterocycles. The van der Waals surface area contributed by atoms with Crippen molar-refractivity contribution in [1.29, 1.82) is 0 Å². The van der Waals surface area contributed by atoms with Gasteiger partial charge in [0.2, 0.25) is 0 Å². The molecule has 15 atom stereocenters. The van der Waals surface area contributed by atoms with Crippen molar-refractivity contribution in [2.45, 2.75) is 171 Å². The van der Waals surface area contributed by atoms with E-state index in [1.807, 2.05) is 152 Å². The fourth-order valence-corrected chi connectivity index (χ4v) is 17.8. The van der Waals surface area contributed by atoms with Gasteiger partial charge < -0.3 is 70.8 Å². The Kier molecular flexibility index (Phi) is 25.2. The minimum atomic E-state index is -3.54. The van der Waals surface area contributed by atoms with E-state index >= 15 is 0 Å². The monoisotopic (exact) mass is 1430 g/mol. The number of esters is 3. The quantitative estimate of drug-likeness (QED) is 0.0101. The van der Waals surface area contributed by atoms with Gasteiger partial charge in [-0.15, -0.1) is 0 Å². The molecule has 0 spiro atoms. The Labute approximate surface area is 585 Å². The van der Waals surface area contributed by atoms with Crippen LogP contribution < -0.4 is 10.4 Å². The Morgan fingerprint density at radius 1 is 0.525 bits per heavy atom. The molecule has 4 heterocycles. The molecule has 0 amide bonds. The molecular formula is C76H82BrN3O18Si. The Bertz CT molecular complexity index is 3730. The minimum absolute atomic E-state index is 0.0144. The number of fused-ring (bicyclic) bond motifs is 2. The van der Waals surface area contributed by atoms with Gasteiger partial charge in [-0.1, -0.05) is 224 Å². The summed E-state index contributed by atoms with van der Waals surface area (Å²) in [5.41, 5.74) is 14.3. The Morgan fingerprint density at radius 3 is 1.53 bits per heavy atom. The summed E-state index contributed by atoms with van der Waals surface area (Å²) < 4.78 is 97.3. The topological polar surface area (TPSA) is 246 Å². The van der Waals surface area contributed by atoms with Gasteiger partial charge in [0.25, 0.3) is 8.32 Å². The van der Waals surface area contributed by atoms with E-state index in [0.29, 0.717) is 5.56 Å². The zero-order valence-electron chi connectivity index (χ0n) is 55.7. The van der Waals surface area contributed by atoms with Crippen LogP contribution in [0.5, 0.6) is 0 Å². The number of benzene rings is 7. The molecule has 2 bridgehead atoms. The average Bonchev–Trinajstić information content (AvgIpc) is 1.38. The van der Waals surface area contributed by atoms with E-state index in [9.17, 15) is 24.7 Å². The van der Waals surface area contributed by atoms with Crippen molar-refractivity contribution in [3.8, 4) is 0 Å². The molecule has 0 unspecified atom stereocenters. The number of carbonyl (C=O) groups excluding carboxylic acids is 4. The van der Waals surface area contributed by atoms with Crippen LogP contribution in [0.3, 0.4) is 0 Å². The highest BCUT2D eigenvalue weighted by Gasteiger charge is 2.60. The second-order valence-electron chi connectivity index (χ2n) is 25.7. The minimum Gasteiger partial charge on any atom is -0.463 e. The van der Waals surface area contributed by atoms with Gasteiger partial charge in [0.15, 0.2) is 31.1 Å². The van der Waals surface area contributed by atoms with Gasteiger partial charge in [-0.05, 0) is 74.4 Å². The van der Waals surface area contributed by atoms with Crippen molar-refractivity contribution in [3.63, 3.8) is 0 Å². The maximum absolute atomic E-state index is 14.5. The summed E-state index contributed by atoms with van der Waals surface area (Å²) in [6.07, 6.45) is -18.5. The number of ketones is 1. The average molecular weight is 1430 g/mol. The van der Waals surface area contributed by atoms with Crippen molar-refractivity contribution in [2.24, 2.45) is 5.11 Å². The highest BCUT2D eigenvalue weighted by Crippen LogP contribution is 2.43. The first-order chi connectivity index (χ1) is 48.0. The van der Waals surface area contributed by atoms with Gasteiger partial charge in [-0.2, -0.15) is 0 Å². The molecule has 7 aromatic carbocycles. The fraction of sp³-hybridized carbons (Fsp3) is 0.395. The number of Topliss-reactive ketones (excluding diaryl/α,β-unsaturated/α-hetero) is 1. The van der Waals surface area contributed by atoms with E-state index in [1.165, 1.54) is 13.8 Å². The smallest absolute Gasteiger partial charge is 0.338 e. The molecule has 0 radical (unpaired) electrons. The van der Waals surface area contributed by atoms with Crippen LogP contribution in [-0.4, -0.2) is 144 Å². The summed E-state index contributed by atoms with van der Waals surface area (Å²) in [5, 5.41) is 5.77. The highest BCUT2D eigenvalue weighted by atomic mass is 79.9. The second-order valence-corrected chi connectivity index (χ2v) is 30.9. The van der Waals surface area contributed by atoms with Crippen LogP contribution in [0.15, 0.2) is 216 Å². The lowest BCUT2D eigenvalue weighted by molar-refractivity contribution is -0.365. The Morgan fingerprint density at radius 2 is 1.00 bits per heavy atom. The maximum atomic E-state index is 14.5. The number of rotatable bonds is 30. The molecule has 520 valence electrons. The number of hydrogen-bond donors (Lipinski definition) is 0. The van der Waals surface area contributed by atoms with E-state index < -0.39 is 130 Å². The lowest BCUT2D eigenvalue weighted by Crippen LogP contribution is -2.69. The largest absolute Gasteiger partial charge is 0.463 e. The maximum Gasteiger partial charge on any atom is 0.338 e. The Hall–Kier alpha value is -7.81. The molecule has 21 nitrogen and oxygen atoms in total. The van der Waals surface area contributed by atoms with Gasteiger partial charge in [0.05, 0.1) is 51.6 Å². The van der Waals surface area contributed by atoms with Gasteiger partial charge >= 0.3 is 17.9 Å². The van der Waals surface area contributed by atoms with Gasteiger partial charge in [0.1, 0.15) is 73.4 Å². The molecule has 23 heteroatoms. The van der Waals surface area contributed by atoms with Crippen LogP contribution in [0.4, 0.5) is 0 Å². The highest BCUT2D eigenvalue weighted by molar-refractivity contribution is 9.10. The molecule has 99 heavy (non-hydrogen) atoms.